The van der Waals surface area contributed by atoms with Crippen LogP contribution in [0.4, 0.5) is 5.69 Å². The van der Waals surface area contributed by atoms with E-state index in [-0.39, 0.29) is 54.1 Å². The van der Waals surface area contributed by atoms with Gasteiger partial charge in [-0.05, 0) is 74.4 Å². The number of carbonyl (C=O) groups excluding carboxylic acids is 4. The first-order valence-corrected chi connectivity index (χ1v) is 13.6. The van der Waals surface area contributed by atoms with E-state index in [1.54, 1.807) is 30.3 Å². The monoisotopic (exact) mass is 575 g/mol. The molecular formula is C31H33N3O8. The third-order valence-corrected chi connectivity index (χ3v) is 8.21. The molecule has 0 radical (unpaired) electrons. The van der Waals surface area contributed by atoms with Gasteiger partial charge in [0.25, 0.3) is 5.91 Å². The fraction of sp³-hybridized carbons (Fsp3) is 0.355. The van der Waals surface area contributed by atoms with Gasteiger partial charge >= 0.3 is 0 Å². The Balaban J connectivity index is 1.50. The van der Waals surface area contributed by atoms with Crippen LogP contribution in [0.2, 0.25) is 0 Å². The number of nitrogens with one attached hydrogen (secondary N) is 2. The molecule has 0 aromatic heterocycles. The number of hydrogen-bond acceptors (Lipinski definition) is 9. The summed E-state index contributed by atoms with van der Waals surface area (Å²) in [6.07, 6.45) is -0.145. The zero-order valence-corrected chi connectivity index (χ0v) is 23.4. The Kier molecular flexibility index (Phi) is 6.99. The summed E-state index contributed by atoms with van der Waals surface area (Å²) in [6, 6.07) is 10.1. The van der Waals surface area contributed by atoms with Crippen LogP contribution in [0.5, 0.6) is 5.75 Å². The summed E-state index contributed by atoms with van der Waals surface area (Å²) in [4.78, 5) is 50.4. The zero-order chi connectivity index (χ0) is 30.7. The Bertz CT molecular complexity index is 1600. The van der Waals surface area contributed by atoms with Crippen LogP contribution in [-0.4, -0.2) is 61.5 Å². The molecule has 5 rings (SSSR count). The summed E-state index contributed by atoms with van der Waals surface area (Å²) < 4.78 is 0. The van der Waals surface area contributed by atoms with E-state index in [0.29, 0.717) is 16.8 Å². The predicted molar refractivity (Wildman–Crippen MR) is 153 cm³/mol. The lowest BCUT2D eigenvalue weighted by molar-refractivity contribution is -0.147. The average Bonchev–Trinajstić information content (AvgIpc) is 2.90. The molecule has 11 heteroatoms. The number of aliphatic hydroxyl groups is 3. The number of amides is 2. The number of anilines is 1. The quantitative estimate of drug-likeness (QED) is 0.262. The number of hydrogen-bond donors (Lipinski definition) is 7. The van der Waals surface area contributed by atoms with Crippen molar-refractivity contribution in [3.63, 3.8) is 0 Å². The third kappa shape index (κ3) is 4.74. The molecule has 3 atom stereocenters. The van der Waals surface area contributed by atoms with Crippen molar-refractivity contribution in [2.24, 2.45) is 17.6 Å². The maximum Gasteiger partial charge on any atom is 0.255 e. The minimum Gasteiger partial charge on any atom is -0.508 e. The van der Waals surface area contributed by atoms with Crippen molar-refractivity contribution in [3.05, 3.63) is 64.4 Å². The SMILES string of the molecule is CC(C)(C)NCC(=O)Nc1ccc(-c2ccc(O)c3c2C[C@H]2C[C@H]4CC(=O)C(C(N)=O)=C(O)[C@@]4(O)C(=O)C2=C3O)cc1. The Morgan fingerprint density at radius 2 is 1.69 bits per heavy atom. The van der Waals surface area contributed by atoms with E-state index < -0.39 is 52.0 Å². The molecule has 1 fully saturated rings. The highest BCUT2D eigenvalue weighted by Gasteiger charge is 2.60. The lowest BCUT2D eigenvalue weighted by atomic mass is 9.59. The van der Waals surface area contributed by atoms with E-state index in [4.69, 9.17) is 5.73 Å². The second-order valence-electron chi connectivity index (χ2n) is 12.1. The maximum atomic E-state index is 13.7. The highest BCUT2D eigenvalue weighted by molar-refractivity contribution is 6.22. The van der Waals surface area contributed by atoms with Gasteiger partial charge in [-0.25, -0.2) is 0 Å². The van der Waals surface area contributed by atoms with Crippen molar-refractivity contribution in [3.8, 4) is 16.9 Å². The van der Waals surface area contributed by atoms with E-state index in [2.05, 4.69) is 10.6 Å². The second kappa shape index (κ2) is 10.1. The first kappa shape index (κ1) is 29.0. The molecular weight excluding hydrogens is 542 g/mol. The summed E-state index contributed by atoms with van der Waals surface area (Å²) in [5, 5.41) is 50.1. The molecule has 3 aliphatic carbocycles. The van der Waals surface area contributed by atoms with Gasteiger partial charge in [0.15, 0.2) is 11.4 Å². The van der Waals surface area contributed by atoms with Crippen molar-refractivity contribution in [2.45, 2.75) is 51.2 Å². The predicted octanol–water partition coefficient (Wildman–Crippen LogP) is 2.42. The Morgan fingerprint density at radius 3 is 2.31 bits per heavy atom. The molecule has 2 aromatic carbocycles. The van der Waals surface area contributed by atoms with Crippen LogP contribution in [0.15, 0.2) is 53.3 Å². The van der Waals surface area contributed by atoms with Gasteiger partial charge in [0.05, 0.1) is 12.1 Å². The number of carbonyl (C=O) groups is 4. The lowest BCUT2D eigenvalue weighted by Gasteiger charge is -2.46. The van der Waals surface area contributed by atoms with Crippen molar-refractivity contribution in [1.82, 2.24) is 5.32 Å². The minimum atomic E-state index is -2.61. The molecule has 0 unspecified atom stereocenters. The van der Waals surface area contributed by atoms with Crippen LogP contribution < -0.4 is 16.4 Å². The van der Waals surface area contributed by atoms with Gasteiger partial charge in [-0.15, -0.1) is 0 Å². The fourth-order valence-corrected chi connectivity index (χ4v) is 6.18. The zero-order valence-electron chi connectivity index (χ0n) is 23.4. The first-order valence-electron chi connectivity index (χ1n) is 13.6. The topological polar surface area (TPSA) is 199 Å². The lowest BCUT2D eigenvalue weighted by Crippen LogP contribution is -2.58. The van der Waals surface area contributed by atoms with E-state index >= 15 is 0 Å². The number of phenols is 1. The molecule has 11 nitrogen and oxygen atoms in total. The van der Waals surface area contributed by atoms with E-state index in [1.165, 1.54) is 6.07 Å². The Morgan fingerprint density at radius 1 is 1.02 bits per heavy atom. The van der Waals surface area contributed by atoms with Crippen molar-refractivity contribution in [2.75, 3.05) is 11.9 Å². The van der Waals surface area contributed by atoms with Gasteiger partial charge in [0.1, 0.15) is 22.8 Å². The maximum absolute atomic E-state index is 13.7. The molecule has 3 aliphatic rings. The number of aromatic hydroxyl groups is 1. The number of ketones is 2. The molecule has 220 valence electrons. The largest absolute Gasteiger partial charge is 0.508 e. The first-order chi connectivity index (χ1) is 19.6. The van der Waals surface area contributed by atoms with Crippen molar-refractivity contribution in [1.29, 1.82) is 0 Å². The average molecular weight is 576 g/mol. The molecule has 2 aromatic rings. The Labute approximate surface area is 241 Å². The summed E-state index contributed by atoms with van der Waals surface area (Å²) >= 11 is 0. The summed E-state index contributed by atoms with van der Waals surface area (Å²) in [5.74, 6) is -6.89. The van der Waals surface area contributed by atoms with Crippen LogP contribution in [0.1, 0.15) is 44.7 Å². The number of rotatable bonds is 5. The van der Waals surface area contributed by atoms with Crippen LogP contribution in [-0.2, 0) is 25.6 Å². The molecule has 0 bridgehead atoms. The van der Waals surface area contributed by atoms with Crippen molar-refractivity contribution < 1.29 is 39.6 Å². The highest BCUT2D eigenvalue weighted by atomic mass is 16.3. The molecule has 0 saturated heterocycles. The number of aliphatic hydroxyl groups excluding tert-OH is 2. The third-order valence-electron chi connectivity index (χ3n) is 8.21. The van der Waals surface area contributed by atoms with Crippen LogP contribution in [0.3, 0.4) is 0 Å². The van der Waals surface area contributed by atoms with Gasteiger partial charge in [0.2, 0.25) is 11.7 Å². The molecule has 0 heterocycles. The molecule has 8 N–H and O–H groups in total. The minimum absolute atomic E-state index is 0.0188. The standard InChI is InChI=1S/C31H33N3O8/c1-30(2,3)33-13-22(37)34-17-6-4-14(5-7-17)18-8-9-20(35)24-19(18)11-15-10-16-12-21(36)25(29(32)41)28(40)31(16,42)27(39)23(15)26(24)38/h4-9,15-16,33,35,38,40,42H,10-13H2,1-3H3,(H2,32,41)(H,34,37)/t15-,16+,31+/m1/s1. The molecule has 2 amide bonds. The number of fused-ring (bicyclic) bond motifs is 3. The molecule has 1 saturated carbocycles. The summed E-state index contributed by atoms with van der Waals surface area (Å²) in [7, 11) is 0. The normalized spacial score (nSPS) is 23.7. The number of primary amides is 1. The fourth-order valence-electron chi connectivity index (χ4n) is 6.18. The number of benzene rings is 2. The van der Waals surface area contributed by atoms with E-state index in [9.17, 15) is 39.6 Å². The molecule has 0 spiro atoms. The second-order valence-corrected chi connectivity index (χ2v) is 12.1. The van der Waals surface area contributed by atoms with E-state index in [1.807, 2.05) is 20.8 Å². The number of Topliss-reactive ketones (excluding diaryl/α,β-unsaturated/α-hetero) is 2. The van der Waals surface area contributed by atoms with Gasteiger partial charge < -0.3 is 36.8 Å². The van der Waals surface area contributed by atoms with Crippen LogP contribution in [0, 0.1) is 11.8 Å². The van der Waals surface area contributed by atoms with Crippen molar-refractivity contribution >= 4 is 34.8 Å². The van der Waals surface area contributed by atoms with Gasteiger partial charge in [0, 0.05) is 29.1 Å². The van der Waals surface area contributed by atoms with E-state index in [0.717, 1.165) is 5.56 Å². The molecule has 42 heavy (non-hydrogen) atoms. The van der Waals surface area contributed by atoms with Gasteiger partial charge in [-0.2, -0.15) is 0 Å². The highest BCUT2D eigenvalue weighted by Crippen LogP contribution is 2.53. The smallest absolute Gasteiger partial charge is 0.255 e. The summed E-state index contributed by atoms with van der Waals surface area (Å²) in [6.45, 7) is 6.02. The number of nitrogens with two attached hydrogens (primary N) is 1. The molecule has 0 aliphatic heterocycles. The van der Waals surface area contributed by atoms with Crippen LogP contribution >= 0.6 is 0 Å². The summed E-state index contributed by atoms with van der Waals surface area (Å²) in [5.41, 5.74) is 3.96. The van der Waals surface area contributed by atoms with Gasteiger partial charge in [-0.3, -0.25) is 19.2 Å². The Hall–Kier alpha value is -4.48. The number of phenolic OH excluding ortho intramolecular Hbond substituents is 1. The van der Waals surface area contributed by atoms with Crippen LogP contribution in [0.25, 0.3) is 16.9 Å². The van der Waals surface area contributed by atoms with Gasteiger partial charge in [-0.1, -0.05) is 18.2 Å².